The molecule has 0 aromatic heterocycles. The van der Waals surface area contributed by atoms with Gasteiger partial charge in [0.25, 0.3) is 5.91 Å². The molecule has 194 valence electrons. The van der Waals surface area contributed by atoms with E-state index in [0.717, 1.165) is 12.3 Å². The van der Waals surface area contributed by atoms with Crippen molar-refractivity contribution in [3.63, 3.8) is 0 Å². The summed E-state index contributed by atoms with van der Waals surface area (Å²) in [6, 6.07) is 16.1. The molecule has 1 fully saturated rings. The van der Waals surface area contributed by atoms with E-state index in [1.165, 1.54) is 30.3 Å². The fourth-order valence-electron chi connectivity index (χ4n) is 4.23. The predicted molar refractivity (Wildman–Crippen MR) is 141 cm³/mol. The van der Waals surface area contributed by atoms with Gasteiger partial charge in [-0.3, -0.25) is 9.59 Å². The second-order valence-electron chi connectivity index (χ2n) is 8.75. The van der Waals surface area contributed by atoms with Crippen molar-refractivity contribution >= 4 is 44.6 Å². The van der Waals surface area contributed by atoms with Crippen molar-refractivity contribution in [3.05, 3.63) is 88.7 Å². The molecule has 3 N–H and O–H groups in total. The first-order valence-corrected chi connectivity index (χ1v) is 13.8. The van der Waals surface area contributed by atoms with Gasteiger partial charge in [0.05, 0.1) is 21.3 Å². The number of benzene rings is 3. The van der Waals surface area contributed by atoms with Crippen molar-refractivity contribution in [2.45, 2.75) is 10.9 Å². The number of sulfone groups is 1. The fraction of sp³-hybridized carbons (Fsp3) is 0.231. The first-order valence-electron chi connectivity index (χ1n) is 11.5. The highest BCUT2D eigenvalue weighted by Gasteiger charge is 2.31. The quantitative estimate of drug-likeness (QED) is 0.461. The number of nitrogens with zero attached hydrogens (tertiary/aromatic N) is 2. The number of hydrogen-bond donors (Lipinski definition) is 2. The molecule has 1 aliphatic rings. The minimum atomic E-state index is -3.66. The molecular formula is C26H26ClFN4O4S. The monoisotopic (exact) mass is 544 g/mol. The van der Waals surface area contributed by atoms with Crippen LogP contribution in [-0.4, -0.2) is 57.6 Å². The van der Waals surface area contributed by atoms with E-state index in [-0.39, 0.29) is 35.1 Å². The second-order valence-corrected chi connectivity index (χ2v) is 11.1. The largest absolute Gasteiger partial charge is 0.398 e. The first kappa shape index (κ1) is 26.4. The number of carbonyl (C=O) groups excluding carboxylic acids is 2. The molecule has 1 atom stereocenters. The number of carbonyl (C=O) groups is 2. The molecule has 2 amide bonds. The number of nitrogens with two attached hydrogens (primary N) is 1. The van der Waals surface area contributed by atoms with Crippen molar-refractivity contribution in [1.82, 2.24) is 10.2 Å². The third-order valence-electron chi connectivity index (χ3n) is 6.17. The van der Waals surface area contributed by atoms with Crippen LogP contribution in [0, 0.1) is 5.82 Å². The Balaban J connectivity index is 1.53. The standard InChI is InChI=1S/C26H26ClFN4O4S/c1-37(35,36)23-16-19(28)8-10-22(23)31-11-13-32(14-12-31)26(34)24(17-5-3-2-4-6-17)30-25(33)18-7-9-20(27)21(29)15-18/h2-10,15-16,24H,11-14,29H2,1H3,(H,30,33)/t24-/m1/s1. The predicted octanol–water partition coefficient (Wildman–Crippen LogP) is 3.28. The molecule has 0 aliphatic carbocycles. The number of halogens is 2. The lowest BCUT2D eigenvalue weighted by Crippen LogP contribution is -2.52. The minimum absolute atomic E-state index is 0.0936. The summed E-state index contributed by atoms with van der Waals surface area (Å²) in [6.45, 7) is 1.24. The third kappa shape index (κ3) is 6.03. The van der Waals surface area contributed by atoms with E-state index in [2.05, 4.69) is 5.32 Å². The van der Waals surface area contributed by atoms with Gasteiger partial charge in [-0.15, -0.1) is 0 Å². The molecule has 1 aliphatic heterocycles. The molecular weight excluding hydrogens is 519 g/mol. The highest BCUT2D eigenvalue weighted by atomic mass is 35.5. The van der Waals surface area contributed by atoms with Gasteiger partial charge < -0.3 is 20.9 Å². The normalized spacial score (nSPS) is 14.8. The zero-order valence-electron chi connectivity index (χ0n) is 20.0. The average molecular weight is 545 g/mol. The molecule has 8 nitrogen and oxygen atoms in total. The number of hydrogen-bond acceptors (Lipinski definition) is 6. The fourth-order valence-corrected chi connectivity index (χ4v) is 5.25. The number of nitrogens with one attached hydrogen (secondary N) is 1. The van der Waals surface area contributed by atoms with Gasteiger partial charge in [0.2, 0.25) is 5.91 Å². The van der Waals surface area contributed by atoms with Crippen LogP contribution in [0.15, 0.2) is 71.6 Å². The molecule has 37 heavy (non-hydrogen) atoms. The summed E-state index contributed by atoms with van der Waals surface area (Å²) < 4.78 is 38.2. The second kappa shape index (κ2) is 10.8. The Labute approximate surface area is 219 Å². The van der Waals surface area contributed by atoms with Crippen LogP contribution in [0.25, 0.3) is 0 Å². The van der Waals surface area contributed by atoms with E-state index >= 15 is 0 Å². The maximum Gasteiger partial charge on any atom is 0.252 e. The zero-order valence-corrected chi connectivity index (χ0v) is 21.6. The summed E-state index contributed by atoms with van der Waals surface area (Å²) in [5.74, 6) is -1.42. The van der Waals surface area contributed by atoms with E-state index in [4.69, 9.17) is 17.3 Å². The van der Waals surface area contributed by atoms with Crippen LogP contribution in [0.2, 0.25) is 5.02 Å². The average Bonchev–Trinajstić information content (AvgIpc) is 2.88. The summed E-state index contributed by atoms with van der Waals surface area (Å²) in [5, 5.41) is 3.13. The molecule has 0 saturated carbocycles. The molecule has 4 rings (SSSR count). The summed E-state index contributed by atoms with van der Waals surface area (Å²) in [6.07, 6.45) is 1.03. The summed E-state index contributed by atoms with van der Waals surface area (Å²) in [5.41, 5.74) is 7.36. The van der Waals surface area contributed by atoms with Crippen LogP contribution in [0.3, 0.4) is 0 Å². The Kier molecular flexibility index (Phi) is 7.70. The van der Waals surface area contributed by atoms with Crippen LogP contribution < -0.4 is 16.0 Å². The molecule has 1 saturated heterocycles. The lowest BCUT2D eigenvalue weighted by molar-refractivity contribution is -0.133. The third-order valence-corrected chi connectivity index (χ3v) is 7.64. The van der Waals surface area contributed by atoms with Crippen LogP contribution in [0.4, 0.5) is 15.8 Å². The van der Waals surface area contributed by atoms with Gasteiger partial charge in [-0.1, -0.05) is 41.9 Å². The van der Waals surface area contributed by atoms with Crippen molar-refractivity contribution in [2.75, 3.05) is 43.1 Å². The molecule has 1 heterocycles. The molecule has 0 radical (unpaired) electrons. The van der Waals surface area contributed by atoms with E-state index in [9.17, 15) is 22.4 Å². The van der Waals surface area contributed by atoms with Crippen molar-refractivity contribution in [2.24, 2.45) is 0 Å². The number of anilines is 2. The Bertz CT molecular complexity index is 1430. The van der Waals surface area contributed by atoms with Gasteiger partial charge in [-0.25, -0.2) is 12.8 Å². The molecule has 11 heteroatoms. The molecule has 3 aromatic rings. The van der Waals surface area contributed by atoms with Crippen LogP contribution in [-0.2, 0) is 14.6 Å². The highest BCUT2D eigenvalue weighted by Crippen LogP contribution is 2.28. The van der Waals surface area contributed by atoms with Gasteiger partial charge in [-0.05, 0) is 42.0 Å². The Morgan fingerprint density at radius 1 is 1.00 bits per heavy atom. The van der Waals surface area contributed by atoms with Crippen LogP contribution in [0.5, 0.6) is 0 Å². The van der Waals surface area contributed by atoms with Crippen LogP contribution >= 0.6 is 11.6 Å². The maximum absolute atomic E-state index is 13.7. The van der Waals surface area contributed by atoms with Crippen molar-refractivity contribution < 1.29 is 22.4 Å². The Morgan fingerprint density at radius 3 is 2.30 bits per heavy atom. The Morgan fingerprint density at radius 2 is 1.68 bits per heavy atom. The Hall–Kier alpha value is -3.63. The van der Waals surface area contributed by atoms with Crippen LogP contribution in [0.1, 0.15) is 22.0 Å². The van der Waals surface area contributed by atoms with Gasteiger partial charge >= 0.3 is 0 Å². The van der Waals surface area contributed by atoms with E-state index in [1.807, 2.05) is 11.0 Å². The molecule has 0 spiro atoms. The number of nitrogen functional groups attached to an aromatic ring is 1. The van der Waals surface area contributed by atoms with Gasteiger partial charge in [0, 0.05) is 38.0 Å². The zero-order chi connectivity index (χ0) is 26.7. The number of amides is 2. The summed E-state index contributed by atoms with van der Waals surface area (Å²) in [7, 11) is -3.66. The topological polar surface area (TPSA) is 113 Å². The number of rotatable bonds is 6. The lowest BCUT2D eigenvalue weighted by Gasteiger charge is -2.38. The SMILES string of the molecule is CS(=O)(=O)c1cc(F)ccc1N1CCN(C(=O)[C@H](NC(=O)c2ccc(Cl)c(N)c2)c2ccccc2)CC1. The van der Waals surface area contributed by atoms with E-state index in [1.54, 1.807) is 29.2 Å². The lowest BCUT2D eigenvalue weighted by atomic mass is 10.0. The minimum Gasteiger partial charge on any atom is -0.398 e. The molecule has 0 bridgehead atoms. The van der Waals surface area contributed by atoms with Gasteiger partial charge in [0.1, 0.15) is 11.9 Å². The smallest absolute Gasteiger partial charge is 0.252 e. The van der Waals surface area contributed by atoms with Gasteiger partial charge in [-0.2, -0.15) is 0 Å². The summed E-state index contributed by atoms with van der Waals surface area (Å²) in [4.78, 5) is 29.9. The first-order chi connectivity index (χ1) is 17.5. The van der Waals surface area contributed by atoms with Crippen molar-refractivity contribution in [3.8, 4) is 0 Å². The maximum atomic E-state index is 13.7. The summed E-state index contributed by atoms with van der Waals surface area (Å²) >= 11 is 5.96. The van der Waals surface area contributed by atoms with E-state index in [0.29, 0.717) is 29.4 Å². The van der Waals surface area contributed by atoms with Gasteiger partial charge in [0.15, 0.2) is 9.84 Å². The highest BCUT2D eigenvalue weighted by molar-refractivity contribution is 7.90. The number of piperazine rings is 1. The van der Waals surface area contributed by atoms with E-state index < -0.39 is 27.6 Å². The molecule has 0 unspecified atom stereocenters. The molecule has 3 aromatic carbocycles. The van der Waals surface area contributed by atoms with Crippen molar-refractivity contribution in [1.29, 1.82) is 0 Å².